The molecule has 7 heteroatoms. The molecule has 3 rings (SSSR count). The zero-order chi connectivity index (χ0) is 22.4. The van der Waals surface area contributed by atoms with E-state index in [-0.39, 0.29) is 5.91 Å². The van der Waals surface area contributed by atoms with Crippen molar-refractivity contribution in [3.05, 3.63) is 96.5 Å². The highest BCUT2D eigenvalue weighted by Gasteiger charge is 2.21. The monoisotopic (exact) mass is 432 g/mol. The molecule has 0 radical (unpaired) electrons. The largest absolute Gasteiger partial charge is 0.501 e. The summed E-state index contributed by atoms with van der Waals surface area (Å²) in [6.07, 6.45) is 1.54. The Bertz CT molecular complexity index is 1130. The maximum absolute atomic E-state index is 13.2. The van der Waals surface area contributed by atoms with Crippen LogP contribution in [0.15, 0.2) is 85.3 Å². The van der Waals surface area contributed by atoms with Gasteiger partial charge < -0.3 is 15.4 Å². The second kappa shape index (κ2) is 9.92. The van der Waals surface area contributed by atoms with E-state index in [2.05, 4.69) is 43.2 Å². The minimum atomic E-state index is -0.351. The fourth-order valence-corrected chi connectivity index (χ4v) is 3.19. The molecule has 0 spiro atoms. The lowest BCUT2D eigenvalue weighted by Crippen LogP contribution is -2.18. The Balaban J connectivity index is 1.82. The first-order valence-electron chi connectivity index (χ1n) is 9.56. The van der Waals surface area contributed by atoms with E-state index in [9.17, 15) is 4.79 Å². The van der Waals surface area contributed by atoms with Crippen LogP contribution in [0.5, 0.6) is 0 Å². The zero-order valence-corrected chi connectivity index (χ0v) is 18.7. The lowest BCUT2D eigenvalue weighted by atomic mass is 9.98. The molecule has 3 aromatic rings. The summed E-state index contributed by atoms with van der Waals surface area (Å²) in [6, 6.07) is 17.3. The van der Waals surface area contributed by atoms with Gasteiger partial charge in [0.2, 0.25) is 0 Å². The van der Waals surface area contributed by atoms with Crippen molar-refractivity contribution in [2.45, 2.75) is 6.92 Å². The Kier molecular flexibility index (Phi) is 7.06. The van der Waals surface area contributed by atoms with Crippen LogP contribution in [0.3, 0.4) is 0 Å². The molecule has 2 aromatic carbocycles. The summed E-state index contributed by atoms with van der Waals surface area (Å²) in [7, 11) is 4.17. The third-order valence-electron chi connectivity index (χ3n) is 4.70. The van der Waals surface area contributed by atoms with E-state index in [1.54, 1.807) is 6.92 Å². The molecule has 1 heterocycles. The van der Waals surface area contributed by atoms with Crippen LogP contribution in [-0.2, 0) is 9.53 Å². The van der Waals surface area contributed by atoms with E-state index >= 15 is 0 Å². The third kappa shape index (κ3) is 5.30. The molecule has 158 valence electrons. The molecule has 1 unspecified atom stereocenters. The lowest BCUT2D eigenvalue weighted by Gasteiger charge is -2.15. The molecular formula is C24H25N4O2P. The van der Waals surface area contributed by atoms with E-state index < -0.39 is 0 Å². The molecule has 0 aliphatic heterocycles. The Morgan fingerprint density at radius 3 is 2.39 bits per heavy atom. The van der Waals surface area contributed by atoms with E-state index in [4.69, 9.17) is 4.74 Å². The molecular weight excluding hydrogens is 407 g/mol. The number of anilines is 2. The van der Waals surface area contributed by atoms with E-state index in [0.29, 0.717) is 34.0 Å². The number of amides is 1. The predicted octanol–water partition coefficient (Wildman–Crippen LogP) is 4.57. The molecule has 0 saturated carbocycles. The van der Waals surface area contributed by atoms with E-state index in [1.165, 1.54) is 13.3 Å². The van der Waals surface area contributed by atoms with Gasteiger partial charge in [0.25, 0.3) is 5.91 Å². The number of benzene rings is 2. The van der Waals surface area contributed by atoms with E-state index in [0.717, 1.165) is 16.6 Å². The summed E-state index contributed by atoms with van der Waals surface area (Å²) in [5.41, 5.74) is 4.26. The molecule has 1 amide bonds. The topological polar surface area (TPSA) is 79.0 Å². The molecule has 0 aliphatic rings. The van der Waals surface area contributed by atoms with Crippen molar-refractivity contribution in [3.63, 3.8) is 0 Å². The summed E-state index contributed by atoms with van der Waals surface area (Å²) < 4.78 is 5.36. The second-order valence-corrected chi connectivity index (χ2v) is 7.48. The molecule has 1 aromatic heterocycles. The van der Waals surface area contributed by atoms with Gasteiger partial charge >= 0.3 is 0 Å². The summed E-state index contributed by atoms with van der Waals surface area (Å²) in [5, 5.41) is 14.1. The molecule has 0 aliphatic carbocycles. The van der Waals surface area contributed by atoms with Gasteiger partial charge in [-0.2, -0.15) is 5.10 Å². The highest BCUT2D eigenvalue weighted by molar-refractivity contribution is 7.27. The number of aromatic nitrogens is 2. The Labute approximate surface area is 184 Å². The van der Waals surface area contributed by atoms with Gasteiger partial charge in [-0.1, -0.05) is 55.6 Å². The van der Waals surface area contributed by atoms with Crippen LogP contribution in [0.25, 0.3) is 11.3 Å². The molecule has 6 nitrogen and oxygen atoms in total. The molecule has 0 bridgehead atoms. The first kappa shape index (κ1) is 22.1. The van der Waals surface area contributed by atoms with Crippen LogP contribution >= 0.6 is 9.24 Å². The first-order chi connectivity index (χ1) is 14.9. The van der Waals surface area contributed by atoms with Gasteiger partial charge in [0, 0.05) is 5.69 Å². The smallest absolute Gasteiger partial charge is 0.259 e. The SMILES string of the molecule is C=C(/C(C(=O)Nc1cn[nH]c1C(=C)Nc1ccc(P)cc1)=C(/C)OC)c1ccccc1. The van der Waals surface area contributed by atoms with Crippen molar-refractivity contribution in [1.29, 1.82) is 0 Å². The van der Waals surface area contributed by atoms with Crippen molar-refractivity contribution in [1.82, 2.24) is 10.2 Å². The Morgan fingerprint density at radius 2 is 1.74 bits per heavy atom. The fraction of sp³-hybridized carbons (Fsp3) is 0.0833. The van der Waals surface area contributed by atoms with Gasteiger partial charge in [0.1, 0.15) is 11.5 Å². The van der Waals surface area contributed by atoms with E-state index in [1.807, 2.05) is 54.6 Å². The van der Waals surface area contributed by atoms with Gasteiger partial charge in [-0.05, 0) is 35.5 Å². The first-order valence-corrected chi connectivity index (χ1v) is 10.1. The van der Waals surface area contributed by atoms with Crippen LogP contribution < -0.4 is 15.9 Å². The van der Waals surface area contributed by atoms with Crippen molar-refractivity contribution >= 4 is 43.1 Å². The van der Waals surface area contributed by atoms with Gasteiger partial charge in [-0.15, -0.1) is 9.24 Å². The molecule has 0 saturated heterocycles. The van der Waals surface area contributed by atoms with Crippen LogP contribution in [0.4, 0.5) is 11.4 Å². The number of H-pyrrole nitrogens is 1. The summed E-state index contributed by atoms with van der Waals surface area (Å²) in [6.45, 7) is 9.91. The number of allylic oxidation sites excluding steroid dienone is 1. The number of hydrogen-bond donors (Lipinski definition) is 3. The Morgan fingerprint density at radius 1 is 1.06 bits per heavy atom. The van der Waals surface area contributed by atoms with Crippen LogP contribution in [0.2, 0.25) is 0 Å². The number of ether oxygens (including phenoxy) is 1. The van der Waals surface area contributed by atoms with Crippen molar-refractivity contribution < 1.29 is 9.53 Å². The molecule has 31 heavy (non-hydrogen) atoms. The average molecular weight is 432 g/mol. The van der Waals surface area contributed by atoms with Crippen molar-refractivity contribution in [2.75, 3.05) is 17.7 Å². The number of hydrogen-bond acceptors (Lipinski definition) is 4. The molecule has 1 atom stereocenters. The van der Waals surface area contributed by atoms with Gasteiger partial charge in [-0.25, -0.2) is 0 Å². The van der Waals surface area contributed by atoms with Crippen molar-refractivity contribution in [3.8, 4) is 0 Å². The standard InChI is InChI=1S/C24H25N4O2P/c1-15(18-8-6-5-7-9-18)22(17(3)30-4)24(29)27-21-14-25-28-23(21)16(2)26-19-10-12-20(31)13-11-19/h5-14,26H,1-2,31H2,3-4H3,(H,25,28)(H,27,29)/b22-17+. The van der Waals surface area contributed by atoms with Crippen LogP contribution in [0, 0.1) is 0 Å². The highest BCUT2D eigenvalue weighted by Crippen LogP contribution is 2.27. The fourth-order valence-electron chi connectivity index (χ4n) is 2.99. The zero-order valence-electron chi connectivity index (χ0n) is 17.5. The minimum Gasteiger partial charge on any atom is -0.501 e. The number of nitrogens with zero attached hydrogens (tertiary/aromatic N) is 1. The number of rotatable bonds is 8. The normalized spacial score (nSPS) is 11.3. The third-order valence-corrected chi connectivity index (χ3v) is 5.09. The summed E-state index contributed by atoms with van der Waals surface area (Å²) in [5.74, 6) is 0.113. The average Bonchev–Trinajstić information content (AvgIpc) is 3.24. The predicted molar refractivity (Wildman–Crippen MR) is 131 cm³/mol. The molecule has 3 N–H and O–H groups in total. The quantitative estimate of drug-likeness (QED) is 0.211. The van der Waals surface area contributed by atoms with Crippen LogP contribution in [0.1, 0.15) is 18.2 Å². The number of aromatic amines is 1. The van der Waals surface area contributed by atoms with Crippen molar-refractivity contribution in [2.24, 2.45) is 0 Å². The number of carbonyl (C=O) groups excluding carboxylic acids is 1. The van der Waals surface area contributed by atoms with Crippen LogP contribution in [-0.4, -0.2) is 23.2 Å². The number of carbonyl (C=O) groups is 1. The Hall–Kier alpha value is -3.63. The maximum atomic E-state index is 13.2. The number of methoxy groups -OCH3 is 1. The second-order valence-electron chi connectivity index (χ2n) is 6.82. The van der Waals surface area contributed by atoms with Gasteiger partial charge in [0.15, 0.2) is 0 Å². The van der Waals surface area contributed by atoms with Gasteiger partial charge in [-0.3, -0.25) is 9.89 Å². The highest BCUT2D eigenvalue weighted by atomic mass is 31.0. The number of nitrogens with one attached hydrogen (secondary N) is 3. The van der Waals surface area contributed by atoms with Gasteiger partial charge in [0.05, 0.1) is 30.3 Å². The summed E-state index contributed by atoms with van der Waals surface area (Å²) >= 11 is 0. The molecule has 0 fully saturated rings. The minimum absolute atomic E-state index is 0.351. The summed E-state index contributed by atoms with van der Waals surface area (Å²) in [4.78, 5) is 13.2. The maximum Gasteiger partial charge on any atom is 0.259 e. The lowest BCUT2D eigenvalue weighted by molar-refractivity contribution is -0.112.